The fourth-order valence-corrected chi connectivity index (χ4v) is 1.23. The van der Waals surface area contributed by atoms with E-state index in [0.717, 1.165) is 0 Å². The van der Waals surface area contributed by atoms with Gasteiger partial charge in [0.25, 0.3) is 0 Å². The first-order valence-corrected chi connectivity index (χ1v) is 3.94. The van der Waals surface area contributed by atoms with E-state index in [2.05, 4.69) is 10.3 Å². The summed E-state index contributed by atoms with van der Waals surface area (Å²) < 4.78 is 30.3. The molecule has 1 aliphatic rings. The molecule has 2 heterocycles. The standard InChI is InChI=1S/C10H12N2.ClH/c1-2-7-12-10(5-1)9-4-3-6-11-8-9;/h1-4,6,8,10,12H,5,7H2;1H/i3D,4D,6D,8D;. The van der Waals surface area contributed by atoms with Crippen molar-refractivity contribution in [1.29, 1.82) is 0 Å². The van der Waals surface area contributed by atoms with Gasteiger partial charge in [0.2, 0.25) is 0 Å². The number of aromatic nitrogens is 1. The fraction of sp³-hybridized carbons (Fsp3) is 0.300. The summed E-state index contributed by atoms with van der Waals surface area (Å²) in [5.74, 6) is 0. The highest BCUT2D eigenvalue weighted by Crippen LogP contribution is 2.17. The van der Waals surface area contributed by atoms with Crippen molar-refractivity contribution in [2.45, 2.75) is 12.5 Å². The van der Waals surface area contributed by atoms with Crippen LogP contribution in [0.3, 0.4) is 0 Å². The van der Waals surface area contributed by atoms with Crippen LogP contribution >= 0.6 is 12.4 Å². The average Bonchev–Trinajstić information content (AvgIpc) is 2.28. The first kappa shape index (κ1) is 5.78. The lowest BCUT2D eigenvalue weighted by molar-refractivity contribution is 0.553. The molecule has 1 N–H and O–H groups in total. The van der Waals surface area contributed by atoms with Crippen molar-refractivity contribution in [3.63, 3.8) is 0 Å². The van der Waals surface area contributed by atoms with Crippen LogP contribution in [-0.2, 0) is 0 Å². The maximum atomic E-state index is 7.78. The van der Waals surface area contributed by atoms with Gasteiger partial charge in [0.15, 0.2) is 0 Å². The van der Waals surface area contributed by atoms with E-state index in [9.17, 15) is 0 Å². The molecule has 1 aromatic heterocycles. The molecule has 1 aromatic rings. The molecule has 0 aliphatic carbocycles. The third-order valence-electron chi connectivity index (χ3n) is 1.85. The molecule has 0 spiro atoms. The lowest BCUT2D eigenvalue weighted by Crippen LogP contribution is -2.23. The minimum absolute atomic E-state index is 0. The zero-order chi connectivity index (χ0) is 11.7. The van der Waals surface area contributed by atoms with Gasteiger partial charge in [0, 0.05) is 24.9 Å². The Bertz CT molecular complexity index is 450. The molecule has 0 aromatic carbocycles. The highest BCUT2D eigenvalue weighted by molar-refractivity contribution is 5.85. The van der Waals surface area contributed by atoms with Crippen molar-refractivity contribution >= 4 is 12.4 Å². The van der Waals surface area contributed by atoms with Gasteiger partial charge in [-0.2, -0.15) is 0 Å². The van der Waals surface area contributed by atoms with E-state index in [1.54, 1.807) is 0 Å². The molecule has 2 nitrogen and oxygen atoms in total. The monoisotopic (exact) mass is 200 g/mol. The molecule has 3 heteroatoms. The molecule has 13 heavy (non-hydrogen) atoms. The van der Waals surface area contributed by atoms with E-state index < -0.39 is 0 Å². The second kappa shape index (κ2) is 5.00. The third kappa shape index (κ3) is 2.54. The summed E-state index contributed by atoms with van der Waals surface area (Å²) in [4.78, 5) is 3.67. The van der Waals surface area contributed by atoms with Crippen LogP contribution in [0.5, 0.6) is 0 Å². The Labute approximate surface area is 90.1 Å². The van der Waals surface area contributed by atoms with E-state index in [4.69, 9.17) is 5.48 Å². The van der Waals surface area contributed by atoms with Gasteiger partial charge < -0.3 is 5.32 Å². The zero-order valence-corrected chi connectivity index (χ0v) is 7.82. The summed E-state index contributed by atoms with van der Waals surface area (Å²) in [5.41, 5.74) is 0.422. The summed E-state index contributed by atoms with van der Waals surface area (Å²) >= 11 is 0. The molecule has 2 rings (SSSR count). The van der Waals surface area contributed by atoms with Gasteiger partial charge in [-0.05, 0) is 18.0 Å². The number of halogens is 1. The van der Waals surface area contributed by atoms with Gasteiger partial charge >= 0.3 is 0 Å². The fourth-order valence-electron chi connectivity index (χ4n) is 1.23. The van der Waals surface area contributed by atoms with Gasteiger partial charge in [-0.15, -0.1) is 12.4 Å². The molecule has 70 valence electrons. The van der Waals surface area contributed by atoms with Gasteiger partial charge in [-0.3, -0.25) is 4.98 Å². The molecular formula is C10H13ClN2. The Hall–Kier alpha value is -0.860. The molecular weight excluding hydrogens is 184 g/mol. The van der Waals surface area contributed by atoms with Gasteiger partial charge in [0.1, 0.15) is 0 Å². The molecule has 0 fully saturated rings. The highest BCUT2D eigenvalue weighted by atomic mass is 35.5. The lowest BCUT2D eigenvalue weighted by atomic mass is 10.0. The minimum atomic E-state index is -0.301. The summed E-state index contributed by atoms with van der Waals surface area (Å²) in [7, 11) is 0. The lowest BCUT2D eigenvalue weighted by Gasteiger charge is -2.19. The van der Waals surface area contributed by atoms with Crippen molar-refractivity contribution in [1.82, 2.24) is 10.3 Å². The Morgan fingerprint density at radius 3 is 3.23 bits per heavy atom. The second-order valence-electron chi connectivity index (χ2n) is 2.67. The summed E-state index contributed by atoms with van der Waals surface area (Å²) in [5, 5.41) is 3.15. The summed E-state index contributed by atoms with van der Waals surface area (Å²) in [6.07, 6.45) is 4.29. The normalized spacial score (nSPS) is 25.1. The Morgan fingerprint density at radius 1 is 1.54 bits per heavy atom. The quantitative estimate of drug-likeness (QED) is 0.703. The predicted octanol–water partition coefficient (Wildman–Crippen LogP) is 2.09. The van der Waals surface area contributed by atoms with Crippen molar-refractivity contribution < 1.29 is 5.48 Å². The van der Waals surface area contributed by atoms with Crippen molar-refractivity contribution in [2.75, 3.05) is 6.54 Å². The Morgan fingerprint density at radius 2 is 2.46 bits per heavy atom. The van der Waals surface area contributed by atoms with E-state index in [1.165, 1.54) is 0 Å². The van der Waals surface area contributed by atoms with Crippen LogP contribution < -0.4 is 5.32 Å². The van der Waals surface area contributed by atoms with Crippen LogP contribution in [0.15, 0.2) is 36.6 Å². The van der Waals surface area contributed by atoms with Gasteiger partial charge in [-0.1, -0.05) is 18.2 Å². The van der Waals surface area contributed by atoms with Crippen LogP contribution in [0.1, 0.15) is 23.5 Å². The Balaban J connectivity index is 0.00000144. The maximum Gasteiger partial charge on any atom is 0.0843 e. The SMILES string of the molecule is Cl.[2H]c1nc([2H])c(C2CC=CCN2)c([2H])c1[2H]. The van der Waals surface area contributed by atoms with Crippen molar-refractivity contribution in [3.8, 4) is 0 Å². The topological polar surface area (TPSA) is 24.9 Å². The van der Waals surface area contributed by atoms with Crippen LogP contribution in [0.25, 0.3) is 0 Å². The van der Waals surface area contributed by atoms with Crippen molar-refractivity contribution in [2.24, 2.45) is 0 Å². The maximum absolute atomic E-state index is 7.78. The first-order valence-electron chi connectivity index (χ1n) is 5.94. The van der Waals surface area contributed by atoms with Crippen LogP contribution in [0.2, 0.25) is 0 Å². The van der Waals surface area contributed by atoms with Gasteiger partial charge in [0.05, 0.1) is 5.48 Å². The number of nitrogens with one attached hydrogen (secondary N) is 1. The minimum Gasteiger partial charge on any atom is -0.306 e. The van der Waals surface area contributed by atoms with Crippen LogP contribution in [0.4, 0.5) is 0 Å². The van der Waals surface area contributed by atoms with Crippen molar-refractivity contribution in [3.05, 3.63) is 42.1 Å². The highest BCUT2D eigenvalue weighted by Gasteiger charge is 2.10. The number of nitrogens with zero attached hydrogens (tertiary/aromatic N) is 1. The third-order valence-corrected chi connectivity index (χ3v) is 1.85. The molecule has 0 saturated carbocycles. The zero-order valence-electron chi connectivity index (χ0n) is 11.0. The molecule has 1 unspecified atom stereocenters. The van der Waals surface area contributed by atoms with Gasteiger partial charge in [-0.25, -0.2) is 0 Å². The van der Waals surface area contributed by atoms with E-state index in [-0.39, 0.29) is 42.9 Å². The molecule has 0 amide bonds. The number of hydrogen-bond donors (Lipinski definition) is 1. The Kier molecular flexibility index (Phi) is 2.22. The van der Waals surface area contributed by atoms with Crippen LogP contribution in [-0.4, -0.2) is 11.5 Å². The summed E-state index contributed by atoms with van der Waals surface area (Å²) in [6, 6.07) is -0.401. The molecule has 1 aliphatic heterocycles. The predicted molar refractivity (Wildman–Crippen MR) is 56.0 cm³/mol. The van der Waals surface area contributed by atoms with E-state index >= 15 is 0 Å². The summed E-state index contributed by atoms with van der Waals surface area (Å²) in [6.45, 7) is 0.694. The largest absolute Gasteiger partial charge is 0.306 e. The smallest absolute Gasteiger partial charge is 0.0843 e. The number of pyridine rings is 1. The number of hydrogen-bond acceptors (Lipinski definition) is 2. The molecule has 0 saturated heterocycles. The molecule has 0 radical (unpaired) electrons. The average molecular weight is 201 g/mol. The first-order chi connectivity index (χ1) is 7.61. The number of rotatable bonds is 1. The van der Waals surface area contributed by atoms with Crippen LogP contribution in [0, 0.1) is 0 Å². The second-order valence-corrected chi connectivity index (χ2v) is 2.67. The molecule has 1 atom stereocenters. The molecule has 0 bridgehead atoms. The van der Waals surface area contributed by atoms with E-state index in [0.29, 0.717) is 18.5 Å². The van der Waals surface area contributed by atoms with E-state index in [1.807, 2.05) is 12.2 Å².